The monoisotopic (exact) mass is 228 g/mol. The Labute approximate surface area is 100 Å². The number of hydrogen-bond acceptors (Lipinski definition) is 1. The van der Waals surface area contributed by atoms with Gasteiger partial charge in [-0.05, 0) is 30.9 Å². The Morgan fingerprint density at radius 3 is 2.94 bits per heavy atom. The van der Waals surface area contributed by atoms with Crippen LogP contribution in [0.25, 0.3) is 10.9 Å². The predicted octanol–water partition coefficient (Wildman–Crippen LogP) is 2.58. The number of aromatic amines is 1. The van der Waals surface area contributed by atoms with Crippen LogP contribution in [0, 0.1) is 0 Å². The van der Waals surface area contributed by atoms with Gasteiger partial charge in [0.15, 0.2) is 0 Å². The molecule has 0 unspecified atom stereocenters. The van der Waals surface area contributed by atoms with E-state index in [1.807, 2.05) is 30.1 Å². The van der Waals surface area contributed by atoms with Crippen molar-refractivity contribution in [2.45, 2.75) is 19.3 Å². The minimum atomic E-state index is 0.121. The highest BCUT2D eigenvalue weighted by Gasteiger charge is 2.22. The second-order valence-corrected chi connectivity index (χ2v) is 4.71. The number of rotatable bonds is 0. The molecule has 0 fully saturated rings. The van der Waals surface area contributed by atoms with Crippen molar-refractivity contribution in [1.29, 1.82) is 0 Å². The number of nitrogens with one attached hydrogen (secondary N) is 1. The zero-order chi connectivity index (χ0) is 11.8. The largest absolute Gasteiger partial charge is 0.350 e. The van der Waals surface area contributed by atoms with Gasteiger partial charge in [-0.3, -0.25) is 4.79 Å². The van der Waals surface area contributed by atoms with Crippen molar-refractivity contribution < 1.29 is 4.79 Å². The van der Waals surface area contributed by atoms with Crippen LogP contribution in [0.15, 0.2) is 24.3 Å². The van der Waals surface area contributed by atoms with Crippen LogP contribution in [0.5, 0.6) is 0 Å². The molecule has 2 heterocycles. The lowest BCUT2D eigenvalue weighted by Crippen LogP contribution is -2.30. The predicted molar refractivity (Wildman–Crippen MR) is 68.2 cm³/mol. The Balaban J connectivity index is 2.22. The van der Waals surface area contributed by atoms with Crippen molar-refractivity contribution in [3.8, 4) is 0 Å². The average molecular weight is 228 g/mol. The molecule has 3 nitrogen and oxygen atoms in total. The third-order valence-electron chi connectivity index (χ3n) is 3.54. The number of fused-ring (bicyclic) bond motifs is 3. The molecule has 0 radical (unpaired) electrons. The summed E-state index contributed by atoms with van der Waals surface area (Å²) in [7, 11) is 1.88. The van der Waals surface area contributed by atoms with Crippen molar-refractivity contribution >= 4 is 16.8 Å². The van der Waals surface area contributed by atoms with Gasteiger partial charge in [-0.15, -0.1) is 0 Å². The molecule has 2 aromatic rings. The van der Waals surface area contributed by atoms with Gasteiger partial charge >= 0.3 is 0 Å². The number of aromatic nitrogens is 1. The summed E-state index contributed by atoms with van der Waals surface area (Å²) in [5.74, 6) is 0.121. The van der Waals surface area contributed by atoms with E-state index in [0.717, 1.165) is 37.0 Å². The van der Waals surface area contributed by atoms with E-state index in [2.05, 4.69) is 11.1 Å². The van der Waals surface area contributed by atoms with E-state index in [1.165, 1.54) is 10.9 Å². The first-order valence-electron chi connectivity index (χ1n) is 6.12. The zero-order valence-corrected chi connectivity index (χ0v) is 9.99. The maximum absolute atomic E-state index is 12.3. The fraction of sp³-hybridized carbons (Fsp3) is 0.357. The zero-order valence-electron chi connectivity index (χ0n) is 9.99. The molecule has 1 aromatic carbocycles. The van der Waals surface area contributed by atoms with Crippen LogP contribution in [0.3, 0.4) is 0 Å². The molecule has 1 N–H and O–H groups in total. The molecule has 0 spiro atoms. The Hall–Kier alpha value is -1.77. The topological polar surface area (TPSA) is 36.1 Å². The lowest BCUT2D eigenvalue weighted by molar-refractivity contribution is 0.0783. The number of aryl methyl sites for hydroxylation is 1. The molecular formula is C14H16N2O. The highest BCUT2D eigenvalue weighted by molar-refractivity contribution is 6.01. The number of para-hydroxylation sites is 1. The Kier molecular flexibility index (Phi) is 2.39. The highest BCUT2D eigenvalue weighted by atomic mass is 16.2. The van der Waals surface area contributed by atoms with Crippen molar-refractivity contribution in [2.24, 2.45) is 0 Å². The number of nitrogens with zero attached hydrogens (tertiary/aromatic N) is 1. The van der Waals surface area contributed by atoms with Gasteiger partial charge in [0, 0.05) is 24.5 Å². The van der Waals surface area contributed by atoms with Crippen molar-refractivity contribution in [1.82, 2.24) is 9.88 Å². The minimum Gasteiger partial charge on any atom is -0.350 e. The Morgan fingerprint density at radius 1 is 1.24 bits per heavy atom. The summed E-state index contributed by atoms with van der Waals surface area (Å²) < 4.78 is 0. The molecule has 0 saturated carbocycles. The SMILES string of the molecule is CN1CCCCc2c([nH]c3ccccc23)C1=O. The molecule has 17 heavy (non-hydrogen) atoms. The summed E-state index contributed by atoms with van der Waals surface area (Å²) in [6.07, 6.45) is 3.23. The molecule has 3 rings (SSSR count). The van der Waals surface area contributed by atoms with Crippen molar-refractivity contribution in [2.75, 3.05) is 13.6 Å². The van der Waals surface area contributed by atoms with Gasteiger partial charge in [-0.2, -0.15) is 0 Å². The second-order valence-electron chi connectivity index (χ2n) is 4.71. The molecule has 88 valence electrons. The van der Waals surface area contributed by atoms with Gasteiger partial charge in [0.25, 0.3) is 5.91 Å². The minimum absolute atomic E-state index is 0.121. The standard InChI is InChI=1S/C14H16N2O/c1-16-9-5-4-7-11-10-6-2-3-8-12(10)15-13(11)14(16)17/h2-3,6,8,15H,4-5,7,9H2,1H3. The molecule has 0 aliphatic carbocycles. The third-order valence-corrected chi connectivity index (χ3v) is 3.54. The lowest BCUT2D eigenvalue weighted by atomic mass is 10.0. The average Bonchev–Trinajstić information content (AvgIpc) is 2.70. The second kappa shape index (κ2) is 3.91. The number of benzene rings is 1. The van der Waals surface area contributed by atoms with E-state index in [0.29, 0.717) is 0 Å². The Morgan fingerprint density at radius 2 is 2.06 bits per heavy atom. The van der Waals surface area contributed by atoms with Gasteiger partial charge in [-0.25, -0.2) is 0 Å². The van der Waals surface area contributed by atoms with E-state index < -0.39 is 0 Å². The van der Waals surface area contributed by atoms with Crippen LogP contribution in [0.2, 0.25) is 0 Å². The fourth-order valence-electron chi connectivity index (χ4n) is 2.59. The molecule has 3 heteroatoms. The van der Waals surface area contributed by atoms with Crippen LogP contribution in [0.4, 0.5) is 0 Å². The van der Waals surface area contributed by atoms with Gasteiger partial charge < -0.3 is 9.88 Å². The van der Waals surface area contributed by atoms with Crippen LogP contribution in [-0.4, -0.2) is 29.4 Å². The maximum atomic E-state index is 12.3. The van der Waals surface area contributed by atoms with Crippen LogP contribution >= 0.6 is 0 Å². The van der Waals surface area contributed by atoms with Crippen molar-refractivity contribution in [3.05, 3.63) is 35.5 Å². The molecule has 1 aromatic heterocycles. The lowest BCUT2D eigenvalue weighted by Gasteiger charge is -2.20. The molecule has 1 aliphatic rings. The summed E-state index contributed by atoms with van der Waals surface area (Å²) in [4.78, 5) is 17.3. The number of carbonyl (C=O) groups excluding carboxylic acids is 1. The molecule has 0 saturated heterocycles. The van der Waals surface area contributed by atoms with Crippen LogP contribution in [0.1, 0.15) is 28.9 Å². The molecule has 0 bridgehead atoms. The summed E-state index contributed by atoms with van der Waals surface area (Å²) in [5, 5.41) is 1.20. The van der Waals surface area contributed by atoms with Gasteiger partial charge in [-0.1, -0.05) is 18.2 Å². The van der Waals surface area contributed by atoms with Crippen molar-refractivity contribution in [3.63, 3.8) is 0 Å². The van der Waals surface area contributed by atoms with E-state index in [1.54, 1.807) is 0 Å². The first-order valence-corrected chi connectivity index (χ1v) is 6.12. The number of carbonyl (C=O) groups is 1. The Bertz CT molecular complexity index is 571. The number of hydrogen-bond donors (Lipinski definition) is 1. The summed E-state index contributed by atoms with van der Waals surface area (Å²) in [6, 6.07) is 8.16. The van der Waals surface area contributed by atoms with E-state index in [4.69, 9.17) is 0 Å². The van der Waals surface area contributed by atoms with Crippen LogP contribution < -0.4 is 0 Å². The summed E-state index contributed by atoms with van der Waals surface area (Å²) in [6.45, 7) is 0.855. The van der Waals surface area contributed by atoms with E-state index in [9.17, 15) is 4.79 Å². The quantitative estimate of drug-likeness (QED) is 0.739. The number of amides is 1. The smallest absolute Gasteiger partial charge is 0.270 e. The maximum Gasteiger partial charge on any atom is 0.270 e. The first kappa shape index (κ1) is 10.4. The molecule has 1 amide bonds. The molecular weight excluding hydrogens is 212 g/mol. The molecule has 0 atom stereocenters. The van der Waals surface area contributed by atoms with E-state index in [-0.39, 0.29) is 5.91 Å². The normalized spacial score (nSPS) is 16.8. The first-order chi connectivity index (χ1) is 8.27. The van der Waals surface area contributed by atoms with Gasteiger partial charge in [0.1, 0.15) is 5.69 Å². The summed E-state index contributed by atoms with van der Waals surface area (Å²) in [5.41, 5.74) is 3.05. The fourth-order valence-corrected chi connectivity index (χ4v) is 2.59. The van der Waals surface area contributed by atoms with Gasteiger partial charge in [0.2, 0.25) is 0 Å². The van der Waals surface area contributed by atoms with Crippen LogP contribution in [-0.2, 0) is 6.42 Å². The van der Waals surface area contributed by atoms with E-state index >= 15 is 0 Å². The summed E-state index contributed by atoms with van der Waals surface area (Å²) >= 11 is 0. The highest BCUT2D eigenvalue weighted by Crippen LogP contribution is 2.26. The third kappa shape index (κ3) is 1.62. The molecule has 1 aliphatic heterocycles. The van der Waals surface area contributed by atoms with Gasteiger partial charge in [0.05, 0.1) is 0 Å². The number of H-pyrrole nitrogens is 1.